The molecule has 3 nitrogen and oxygen atoms in total. The number of hydrogen-bond donors (Lipinski definition) is 2. The minimum atomic E-state index is -0.0985. The van der Waals surface area contributed by atoms with E-state index in [1.165, 1.54) is 0 Å². The van der Waals surface area contributed by atoms with Crippen LogP contribution in [-0.4, -0.2) is 49.5 Å². The van der Waals surface area contributed by atoms with E-state index in [1.807, 2.05) is 0 Å². The molecule has 1 heterocycles. The van der Waals surface area contributed by atoms with Crippen LogP contribution < -0.4 is 5.32 Å². The van der Waals surface area contributed by atoms with E-state index in [-0.39, 0.29) is 6.10 Å². The molecule has 66 valence electrons. The first-order valence-electron chi connectivity index (χ1n) is 4.23. The first-order valence-corrected chi connectivity index (χ1v) is 4.23. The third-order valence-corrected chi connectivity index (χ3v) is 2.29. The molecule has 1 rings (SSSR count). The number of aliphatic hydroxyl groups is 1. The second-order valence-corrected chi connectivity index (χ2v) is 4.26. The summed E-state index contributed by atoms with van der Waals surface area (Å²) < 4.78 is 0.886. The molecule has 1 aliphatic rings. The van der Waals surface area contributed by atoms with Gasteiger partial charge in [-0.25, -0.2) is 0 Å². The molecule has 0 aromatic heterocycles. The predicted molar refractivity (Wildman–Crippen MR) is 45.1 cm³/mol. The SMILES string of the molecule is C[N+](C)(C)C1CC(O)CCN1. The lowest BCUT2D eigenvalue weighted by atomic mass is 10.1. The van der Waals surface area contributed by atoms with Gasteiger partial charge in [-0.15, -0.1) is 0 Å². The van der Waals surface area contributed by atoms with Crippen LogP contribution in [0.1, 0.15) is 12.8 Å². The zero-order chi connectivity index (χ0) is 8.48. The van der Waals surface area contributed by atoms with Gasteiger partial charge in [0.25, 0.3) is 0 Å². The highest BCUT2D eigenvalue weighted by molar-refractivity contribution is 4.70. The molecule has 0 bridgehead atoms. The Bertz CT molecular complexity index is 131. The molecule has 1 saturated heterocycles. The Morgan fingerprint density at radius 1 is 1.36 bits per heavy atom. The van der Waals surface area contributed by atoms with Crippen LogP contribution in [0, 0.1) is 0 Å². The molecule has 0 aromatic carbocycles. The van der Waals surface area contributed by atoms with Crippen LogP contribution >= 0.6 is 0 Å². The van der Waals surface area contributed by atoms with E-state index in [4.69, 9.17) is 0 Å². The molecule has 1 aliphatic heterocycles. The van der Waals surface area contributed by atoms with Crippen LogP contribution in [-0.2, 0) is 0 Å². The molecule has 0 aliphatic carbocycles. The molecule has 11 heavy (non-hydrogen) atoms. The number of aliphatic hydroxyl groups excluding tert-OH is 1. The van der Waals surface area contributed by atoms with E-state index in [9.17, 15) is 5.11 Å². The van der Waals surface area contributed by atoms with Crippen molar-refractivity contribution in [1.29, 1.82) is 0 Å². The quantitative estimate of drug-likeness (QED) is 0.518. The maximum Gasteiger partial charge on any atom is 0.144 e. The minimum Gasteiger partial charge on any atom is -0.393 e. The summed E-state index contributed by atoms with van der Waals surface area (Å²) >= 11 is 0. The zero-order valence-electron chi connectivity index (χ0n) is 7.67. The number of nitrogens with zero attached hydrogens (tertiary/aromatic N) is 1. The third-order valence-electron chi connectivity index (χ3n) is 2.29. The first kappa shape index (κ1) is 8.97. The van der Waals surface area contributed by atoms with Gasteiger partial charge in [0, 0.05) is 13.0 Å². The lowest BCUT2D eigenvalue weighted by molar-refractivity contribution is -0.900. The van der Waals surface area contributed by atoms with E-state index in [0.717, 1.165) is 23.9 Å². The van der Waals surface area contributed by atoms with Crippen LogP contribution in [0.5, 0.6) is 0 Å². The molecule has 3 heteroatoms. The van der Waals surface area contributed by atoms with Gasteiger partial charge in [-0.3, -0.25) is 5.32 Å². The smallest absolute Gasteiger partial charge is 0.144 e. The average molecular weight is 159 g/mol. The van der Waals surface area contributed by atoms with Crippen molar-refractivity contribution in [3.05, 3.63) is 0 Å². The number of rotatable bonds is 1. The van der Waals surface area contributed by atoms with Crippen LogP contribution in [0.2, 0.25) is 0 Å². The molecule has 2 unspecified atom stereocenters. The predicted octanol–water partition coefficient (Wildman–Crippen LogP) is -0.237. The summed E-state index contributed by atoms with van der Waals surface area (Å²) in [5.74, 6) is 0. The van der Waals surface area contributed by atoms with Gasteiger partial charge >= 0.3 is 0 Å². The Morgan fingerprint density at radius 3 is 2.36 bits per heavy atom. The summed E-state index contributed by atoms with van der Waals surface area (Å²) in [6.45, 7) is 0.946. The van der Waals surface area contributed by atoms with Crippen LogP contribution in [0.4, 0.5) is 0 Å². The van der Waals surface area contributed by atoms with Gasteiger partial charge in [-0.1, -0.05) is 0 Å². The van der Waals surface area contributed by atoms with Crippen molar-refractivity contribution in [3.63, 3.8) is 0 Å². The highest BCUT2D eigenvalue weighted by Gasteiger charge is 2.29. The average Bonchev–Trinajstić information content (AvgIpc) is 1.86. The molecule has 0 aromatic rings. The summed E-state index contributed by atoms with van der Waals surface area (Å²) in [6.07, 6.45) is 2.09. The van der Waals surface area contributed by atoms with Crippen molar-refractivity contribution in [2.24, 2.45) is 0 Å². The van der Waals surface area contributed by atoms with Crippen LogP contribution in [0.15, 0.2) is 0 Å². The Labute approximate surface area is 68.6 Å². The number of hydrogen-bond acceptors (Lipinski definition) is 2. The Balaban J connectivity index is 2.46. The fourth-order valence-corrected chi connectivity index (χ4v) is 1.47. The Kier molecular flexibility index (Phi) is 2.52. The van der Waals surface area contributed by atoms with Crippen molar-refractivity contribution in [1.82, 2.24) is 5.32 Å². The van der Waals surface area contributed by atoms with Crippen LogP contribution in [0.3, 0.4) is 0 Å². The molecular formula is C8H19N2O+. The number of piperidine rings is 1. The normalized spacial score (nSPS) is 33.8. The molecule has 0 spiro atoms. The molecule has 0 saturated carbocycles. The number of quaternary nitrogens is 1. The summed E-state index contributed by atoms with van der Waals surface area (Å²) in [4.78, 5) is 0. The second-order valence-electron chi connectivity index (χ2n) is 4.26. The maximum absolute atomic E-state index is 9.39. The fraction of sp³-hybridized carbons (Fsp3) is 1.00. The van der Waals surface area contributed by atoms with E-state index in [2.05, 4.69) is 26.5 Å². The highest BCUT2D eigenvalue weighted by Crippen LogP contribution is 2.13. The lowest BCUT2D eigenvalue weighted by Crippen LogP contribution is -2.57. The van der Waals surface area contributed by atoms with Gasteiger partial charge in [0.15, 0.2) is 0 Å². The van der Waals surface area contributed by atoms with Crippen molar-refractivity contribution < 1.29 is 9.59 Å². The van der Waals surface area contributed by atoms with Crippen LogP contribution in [0.25, 0.3) is 0 Å². The standard InChI is InChI=1S/C8H19N2O/c1-10(2,3)8-6-7(11)4-5-9-8/h7-9,11H,4-6H2,1-3H3/q+1. The molecule has 1 fully saturated rings. The second kappa shape index (κ2) is 3.09. The Hall–Kier alpha value is -0.120. The van der Waals surface area contributed by atoms with Crippen molar-refractivity contribution in [2.45, 2.75) is 25.1 Å². The van der Waals surface area contributed by atoms with Crippen molar-refractivity contribution >= 4 is 0 Å². The zero-order valence-corrected chi connectivity index (χ0v) is 7.67. The van der Waals surface area contributed by atoms with E-state index < -0.39 is 0 Å². The Morgan fingerprint density at radius 2 is 2.00 bits per heavy atom. The summed E-state index contributed by atoms with van der Waals surface area (Å²) in [6, 6.07) is 0. The topological polar surface area (TPSA) is 32.3 Å². The van der Waals surface area contributed by atoms with E-state index >= 15 is 0 Å². The molecule has 2 atom stereocenters. The van der Waals surface area contributed by atoms with E-state index in [1.54, 1.807) is 0 Å². The minimum absolute atomic E-state index is 0.0985. The van der Waals surface area contributed by atoms with Gasteiger partial charge in [0.05, 0.1) is 27.2 Å². The van der Waals surface area contributed by atoms with Gasteiger partial charge in [-0.05, 0) is 6.42 Å². The lowest BCUT2D eigenvalue weighted by Gasteiger charge is -2.38. The third kappa shape index (κ3) is 2.43. The van der Waals surface area contributed by atoms with E-state index in [0.29, 0.717) is 6.17 Å². The molecular weight excluding hydrogens is 140 g/mol. The summed E-state index contributed by atoms with van der Waals surface area (Å²) in [7, 11) is 6.45. The van der Waals surface area contributed by atoms with Gasteiger partial charge < -0.3 is 9.59 Å². The molecule has 0 amide bonds. The monoisotopic (exact) mass is 159 g/mol. The summed E-state index contributed by atoms with van der Waals surface area (Å²) in [5, 5.41) is 12.8. The molecule has 2 N–H and O–H groups in total. The van der Waals surface area contributed by atoms with Gasteiger partial charge in [0.2, 0.25) is 0 Å². The highest BCUT2D eigenvalue weighted by atomic mass is 16.3. The summed E-state index contributed by atoms with van der Waals surface area (Å²) in [5.41, 5.74) is 0. The fourth-order valence-electron chi connectivity index (χ4n) is 1.47. The number of nitrogens with one attached hydrogen (secondary N) is 1. The van der Waals surface area contributed by atoms with Gasteiger partial charge in [0.1, 0.15) is 6.17 Å². The van der Waals surface area contributed by atoms with Crippen molar-refractivity contribution in [2.75, 3.05) is 27.7 Å². The first-order chi connectivity index (χ1) is 5.00. The largest absolute Gasteiger partial charge is 0.393 e. The molecule has 0 radical (unpaired) electrons. The maximum atomic E-state index is 9.39. The van der Waals surface area contributed by atoms with Crippen molar-refractivity contribution in [3.8, 4) is 0 Å². The van der Waals surface area contributed by atoms with Gasteiger partial charge in [-0.2, -0.15) is 0 Å².